The van der Waals surface area contributed by atoms with Crippen molar-refractivity contribution >= 4 is 0 Å². The number of aromatic nitrogens is 4. The van der Waals surface area contributed by atoms with Crippen molar-refractivity contribution in [2.45, 2.75) is 0 Å². The summed E-state index contributed by atoms with van der Waals surface area (Å²) < 4.78 is 13.1. The standard InChI is InChI=1S/C6H2IN6O2/c8-3-7(4-9,5-1-10-14-12-5)6-2-11-15-13-6/h1-2H/q-1. The molecule has 0 unspecified atom stereocenters. The Morgan fingerprint density at radius 1 is 1.00 bits per heavy atom. The van der Waals surface area contributed by atoms with E-state index in [0.717, 1.165) is 0 Å². The van der Waals surface area contributed by atoms with Gasteiger partial charge in [-0.05, 0) is 0 Å². The molecule has 2 aromatic heterocycles. The first-order valence-corrected chi connectivity index (χ1v) is 7.79. The summed E-state index contributed by atoms with van der Waals surface area (Å²) in [7, 11) is 0. The average molecular weight is 317 g/mol. The Morgan fingerprint density at radius 2 is 1.47 bits per heavy atom. The van der Waals surface area contributed by atoms with Gasteiger partial charge >= 0.3 is 86.8 Å². The van der Waals surface area contributed by atoms with Gasteiger partial charge < -0.3 is 0 Å². The normalized spacial score (nSPS) is 11.6. The first-order chi connectivity index (χ1) is 7.33. The van der Waals surface area contributed by atoms with E-state index in [1.807, 2.05) is 8.15 Å². The van der Waals surface area contributed by atoms with Gasteiger partial charge in [0.1, 0.15) is 0 Å². The van der Waals surface area contributed by atoms with E-state index < -0.39 is 18.4 Å². The van der Waals surface area contributed by atoms with Crippen molar-refractivity contribution in [1.29, 1.82) is 10.5 Å². The third kappa shape index (κ3) is 1.33. The molecule has 2 rings (SSSR count). The summed E-state index contributed by atoms with van der Waals surface area (Å²) in [4.78, 5) is 0. The van der Waals surface area contributed by atoms with Crippen LogP contribution < -0.4 is 18.4 Å². The number of nitrogens with zero attached hydrogens (tertiary/aromatic N) is 6. The van der Waals surface area contributed by atoms with E-state index >= 15 is 0 Å². The fraction of sp³-hybridized carbons (Fsp3) is 0. The van der Waals surface area contributed by atoms with Crippen molar-refractivity contribution < 1.29 is 27.7 Å². The van der Waals surface area contributed by atoms with Crippen molar-refractivity contribution in [3.05, 3.63) is 19.8 Å². The van der Waals surface area contributed by atoms with E-state index in [2.05, 4.69) is 29.9 Å². The van der Waals surface area contributed by atoms with Crippen LogP contribution in [0.2, 0.25) is 0 Å². The molecule has 0 aliphatic carbocycles. The van der Waals surface area contributed by atoms with Crippen LogP contribution in [0.25, 0.3) is 0 Å². The summed E-state index contributed by atoms with van der Waals surface area (Å²) in [5.41, 5.74) is 0. The fourth-order valence-electron chi connectivity index (χ4n) is 0.848. The zero-order valence-corrected chi connectivity index (χ0v) is 9.19. The third-order valence-electron chi connectivity index (χ3n) is 1.50. The maximum absolute atomic E-state index is 9.11. The van der Waals surface area contributed by atoms with Crippen LogP contribution in [-0.2, 0) is 0 Å². The molecule has 0 saturated heterocycles. The molecule has 0 fully saturated rings. The first kappa shape index (κ1) is 9.54. The summed E-state index contributed by atoms with van der Waals surface area (Å²) in [6, 6.07) is 0. The monoisotopic (exact) mass is 317 g/mol. The quantitative estimate of drug-likeness (QED) is 0.525. The van der Waals surface area contributed by atoms with Gasteiger partial charge in [0.25, 0.3) is 0 Å². The van der Waals surface area contributed by atoms with Gasteiger partial charge in [-0.1, -0.05) is 0 Å². The zero-order valence-electron chi connectivity index (χ0n) is 7.03. The number of halogens is 1. The Kier molecular flexibility index (Phi) is 2.31. The van der Waals surface area contributed by atoms with E-state index in [-0.39, 0.29) is 7.40 Å². The molecule has 15 heavy (non-hydrogen) atoms. The molecule has 0 aliphatic heterocycles. The van der Waals surface area contributed by atoms with E-state index in [4.69, 9.17) is 10.5 Å². The average Bonchev–Trinajstić information content (AvgIpc) is 2.92. The second kappa shape index (κ2) is 3.62. The van der Waals surface area contributed by atoms with Crippen LogP contribution in [0.5, 0.6) is 0 Å². The molecule has 76 valence electrons. The Hall–Kier alpha value is -2.01. The van der Waals surface area contributed by atoms with Gasteiger partial charge in [0, 0.05) is 0 Å². The van der Waals surface area contributed by atoms with E-state index in [1.165, 1.54) is 12.4 Å². The predicted molar refractivity (Wildman–Crippen MR) is 37.2 cm³/mol. The van der Waals surface area contributed by atoms with Crippen LogP contribution in [0.1, 0.15) is 0 Å². The summed E-state index contributed by atoms with van der Waals surface area (Å²) in [6.07, 6.45) is 2.50. The Morgan fingerprint density at radius 3 is 1.73 bits per heavy atom. The zero-order chi connectivity index (χ0) is 10.7. The molecule has 0 atom stereocenters. The Labute approximate surface area is 86.9 Å². The van der Waals surface area contributed by atoms with Crippen LogP contribution in [0.3, 0.4) is 0 Å². The van der Waals surface area contributed by atoms with Crippen LogP contribution in [0.4, 0.5) is 0 Å². The molecule has 9 heteroatoms. The molecule has 2 aromatic rings. The van der Waals surface area contributed by atoms with Gasteiger partial charge in [0.05, 0.1) is 0 Å². The molecule has 8 nitrogen and oxygen atoms in total. The van der Waals surface area contributed by atoms with Crippen LogP contribution in [0, 0.1) is 26.1 Å². The molecule has 0 bridgehead atoms. The molecule has 0 amide bonds. The molecule has 0 N–H and O–H groups in total. The van der Waals surface area contributed by atoms with Crippen molar-refractivity contribution in [2.75, 3.05) is 0 Å². The van der Waals surface area contributed by atoms with Gasteiger partial charge in [0.2, 0.25) is 0 Å². The second-order valence-corrected chi connectivity index (χ2v) is 8.61. The Bertz CT molecular complexity index is 471. The van der Waals surface area contributed by atoms with E-state index in [0.29, 0.717) is 0 Å². The molecule has 0 radical (unpaired) electrons. The van der Waals surface area contributed by atoms with Crippen molar-refractivity contribution in [3.8, 4) is 8.15 Å². The van der Waals surface area contributed by atoms with E-state index in [1.54, 1.807) is 0 Å². The fourth-order valence-corrected chi connectivity index (χ4v) is 4.34. The van der Waals surface area contributed by atoms with Crippen LogP contribution in [-0.4, -0.2) is 20.6 Å². The minimum absolute atomic E-state index is 0.225. The molecule has 0 aliphatic rings. The predicted octanol–water partition coefficient (Wildman–Crippen LogP) is -3.39. The third-order valence-corrected chi connectivity index (χ3v) is 7.22. The number of hydrogen-bond acceptors (Lipinski definition) is 8. The number of rotatable bonds is 2. The van der Waals surface area contributed by atoms with Crippen LogP contribution in [0.15, 0.2) is 21.7 Å². The van der Waals surface area contributed by atoms with Crippen molar-refractivity contribution in [1.82, 2.24) is 20.6 Å². The maximum atomic E-state index is 9.11. The topological polar surface area (TPSA) is 125 Å². The number of nitriles is 2. The van der Waals surface area contributed by atoms with E-state index in [9.17, 15) is 0 Å². The molecule has 0 aromatic carbocycles. The molecular weight excluding hydrogens is 315 g/mol. The summed E-state index contributed by atoms with van der Waals surface area (Å²) >= 11 is -3.79. The van der Waals surface area contributed by atoms with Gasteiger partial charge in [-0.2, -0.15) is 0 Å². The number of hydrogen-bond donors (Lipinski definition) is 0. The first-order valence-electron chi connectivity index (χ1n) is 3.47. The summed E-state index contributed by atoms with van der Waals surface area (Å²) in [5, 5.41) is 32.0. The van der Waals surface area contributed by atoms with Gasteiger partial charge in [-0.15, -0.1) is 0 Å². The van der Waals surface area contributed by atoms with Gasteiger partial charge in [-0.3, -0.25) is 0 Å². The molecular formula is C6H2IN6O2-. The summed E-state index contributed by atoms with van der Waals surface area (Å²) in [6.45, 7) is 0. The molecule has 2 heterocycles. The van der Waals surface area contributed by atoms with Gasteiger partial charge in [-0.25, -0.2) is 0 Å². The molecule has 0 saturated carbocycles. The summed E-state index contributed by atoms with van der Waals surface area (Å²) in [5.74, 6) is 0. The van der Waals surface area contributed by atoms with Crippen LogP contribution >= 0.6 is 0 Å². The Balaban J connectivity index is 2.63. The SMILES string of the molecule is N#C[I-](C#N)(c1cnon1)c1cnon1. The van der Waals surface area contributed by atoms with Gasteiger partial charge in [0.15, 0.2) is 0 Å². The second-order valence-electron chi connectivity index (χ2n) is 2.20. The van der Waals surface area contributed by atoms with Crippen molar-refractivity contribution in [3.63, 3.8) is 0 Å². The molecule has 0 spiro atoms. The minimum atomic E-state index is -3.79. The van der Waals surface area contributed by atoms with Crippen molar-refractivity contribution in [2.24, 2.45) is 0 Å².